The highest BCUT2D eigenvalue weighted by Crippen LogP contribution is 2.33. The van der Waals surface area contributed by atoms with E-state index in [0.29, 0.717) is 63.2 Å². The molecule has 1 aromatic heterocycles. The normalized spacial score (nSPS) is 14.6. The average molecular weight is 528 g/mol. The maximum Gasteiger partial charge on any atom is 0.253 e. The number of carbonyl (C=O) groups excluding carboxylic acids is 2. The van der Waals surface area contributed by atoms with E-state index in [1.807, 2.05) is 24.9 Å². The van der Waals surface area contributed by atoms with E-state index in [-0.39, 0.29) is 17.7 Å². The van der Waals surface area contributed by atoms with E-state index in [0.717, 1.165) is 13.1 Å². The number of piperazine rings is 1. The zero-order valence-corrected chi connectivity index (χ0v) is 22.1. The summed E-state index contributed by atoms with van der Waals surface area (Å²) in [6.45, 7) is 4.86. The highest BCUT2D eigenvalue weighted by molar-refractivity contribution is 6.23. The summed E-state index contributed by atoms with van der Waals surface area (Å²) in [5.74, 6) is -0.872. The number of hydrogen-bond donors (Lipinski definition) is 3. The van der Waals surface area contributed by atoms with Crippen molar-refractivity contribution in [1.29, 1.82) is 0 Å². The number of aliphatic imine (C=N–C) groups is 1. The second kappa shape index (κ2) is 10.7. The molecule has 0 radical (unpaired) electrons. The third kappa shape index (κ3) is 5.13. The van der Waals surface area contributed by atoms with Crippen molar-refractivity contribution in [2.45, 2.75) is 6.92 Å². The van der Waals surface area contributed by atoms with Crippen LogP contribution < -0.4 is 5.32 Å². The number of likely N-dealkylation sites (N-methyl/N-ethyl adjacent to an activating group) is 1. The first kappa shape index (κ1) is 26.1. The van der Waals surface area contributed by atoms with Crippen LogP contribution in [0.3, 0.4) is 0 Å². The predicted molar refractivity (Wildman–Crippen MR) is 150 cm³/mol. The molecule has 0 bridgehead atoms. The smallest absolute Gasteiger partial charge is 0.253 e. The number of carbonyl (C=O) groups is 2. The van der Waals surface area contributed by atoms with E-state index >= 15 is 0 Å². The molecule has 200 valence electrons. The molecule has 0 atom stereocenters. The molecule has 3 N–H and O–H groups in total. The first-order valence-corrected chi connectivity index (χ1v) is 12.8. The minimum Gasteiger partial charge on any atom is -0.494 e. The first-order valence-electron chi connectivity index (χ1n) is 12.8. The van der Waals surface area contributed by atoms with Gasteiger partial charge >= 0.3 is 0 Å². The molecule has 3 aromatic carbocycles. The summed E-state index contributed by atoms with van der Waals surface area (Å²) in [6, 6.07) is 16.5. The highest BCUT2D eigenvalue weighted by Gasteiger charge is 2.23. The fraction of sp³-hybridized carbons (Fsp3) is 0.233. The van der Waals surface area contributed by atoms with Gasteiger partial charge in [-0.3, -0.25) is 9.59 Å². The van der Waals surface area contributed by atoms with Crippen LogP contribution in [-0.4, -0.2) is 77.7 Å². The SMILES string of the molecule is CNC(=O)c1cccc(C(=Nc2ccc(C(=O)N3CCN(C)CC3)cc2)c2c(O)[nH]c3cc(F)ccc23)c1C. The number of rotatable bonds is 5. The monoisotopic (exact) mass is 527 g/mol. The van der Waals surface area contributed by atoms with Crippen LogP contribution in [0.1, 0.15) is 37.4 Å². The van der Waals surface area contributed by atoms with E-state index in [9.17, 15) is 19.1 Å². The van der Waals surface area contributed by atoms with Crippen LogP contribution in [-0.2, 0) is 0 Å². The second-order valence-corrected chi connectivity index (χ2v) is 9.70. The van der Waals surface area contributed by atoms with Crippen LogP contribution in [0, 0.1) is 12.7 Å². The van der Waals surface area contributed by atoms with Gasteiger partial charge < -0.3 is 25.2 Å². The Labute approximate surface area is 225 Å². The Morgan fingerprint density at radius 1 is 1.00 bits per heavy atom. The molecule has 1 saturated heterocycles. The van der Waals surface area contributed by atoms with Crippen LogP contribution in [0.15, 0.2) is 65.7 Å². The molecule has 0 unspecified atom stereocenters. The lowest BCUT2D eigenvalue weighted by molar-refractivity contribution is 0.0664. The summed E-state index contributed by atoms with van der Waals surface area (Å²) in [5, 5.41) is 14.2. The van der Waals surface area contributed by atoms with Crippen molar-refractivity contribution in [1.82, 2.24) is 20.1 Å². The minimum absolute atomic E-state index is 0.0238. The fourth-order valence-electron chi connectivity index (χ4n) is 4.92. The maximum atomic E-state index is 13.9. The van der Waals surface area contributed by atoms with Crippen molar-refractivity contribution >= 4 is 34.1 Å². The molecular formula is C30H30FN5O3. The third-order valence-electron chi connectivity index (χ3n) is 7.18. The van der Waals surface area contributed by atoms with Gasteiger partial charge in [0.2, 0.25) is 0 Å². The Balaban J connectivity index is 1.61. The van der Waals surface area contributed by atoms with Crippen LogP contribution in [0.2, 0.25) is 0 Å². The van der Waals surface area contributed by atoms with E-state index in [1.165, 1.54) is 12.1 Å². The van der Waals surface area contributed by atoms with Crippen molar-refractivity contribution < 1.29 is 19.1 Å². The minimum atomic E-state index is -0.438. The topological polar surface area (TPSA) is 101 Å². The van der Waals surface area contributed by atoms with Gasteiger partial charge in [0.15, 0.2) is 5.88 Å². The standard InChI is InChI=1S/C30H30FN5O3/c1-18-22(5-4-6-23(18)28(37)32-2)27(26-24-12-9-20(31)17-25(24)34-29(26)38)33-21-10-7-19(8-11-21)30(39)36-15-13-35(3)14-16-36/h4-12,17,34,38H,13-16H2,1-3H3,(H,32,37). The summed E-state index contributed by atoms with van der Waals surface area (Å²) in [7, 11) is 3.61. The molecule has 0 spiro atoms. The lowest BCUT2D eigenvalue weighted by Crippen LogP contribution is -2.47. The maximum absolute atomic E-state index is 13.9. The Hall–Kier alpha value is -4.50. The summed E-state index contributed by atoms with van der Waals surface area (Å²) >= 11 is 0. The fourth-order valence-corrected chi connectivity index (χ4v) is 4.92. The quantitative estimate of drug-likeness (QED) is 0.338. The number of hydrogen-bond acceptors (Lipinski definition) is 5. The Bertz CT molecular complexity index is 1580. The molecule has 2 heterocycles. The zero-order chi connectivity index (χ0) is 27.7. The number of fused-ring (bicyclic) bond motifs is 1. The van der Waals surface area contributed by atoms with Crippen molar-refractivity contribution in [2.75, 3.05) is 40.3 Å². The van der Waals surface area contributed by atoms with Gasteiger partial charge in [0.05, 0.1) is 22.5 Å². The summed E-state index contributed by atoms with van der Waals surface area (Å²) in [4.78, 5) is 37.3. The molecule has 1 fully saturated rings. The lowest BCUT2D eigenvalue weighted by Gasteiger charge is -2.32. The van der Waals surface area contributed by atoms with Gasteiger partial charge in [0.1, 0.15) is 5.82 Å². The first-order chi connectivity index (χ1) is 18.8. The number of benzene rings is 3. The van der Waals surface area contributed by atoms with Gasteiger partial charge in [-0.05, 0) is 68.1 Å². The number of aromatic hydroxyl groups is 1. The lowest BCUT2D eigenvalue weighted by atomic mass is 9.93. The number of amides is 2. The van der Waals surface area contributed by atoms with Crippen molar-refractivity contribution in [3.05, 3.63) is 94.3 Å². The van der Waals surface area contributed by atoms with Crippen LogP contribution in [0.25, 0.3) is 10.9 Å². The van der Waals surface area contributed by atoms with Gasteiger partial charge in [-0.25, -0.2) is 9.38 Å². The molecule has 8 nitrogen and oxygen atoms in total. The van der Waals surface area contributed by atoms with E-state index < -0.39 is 5.82 Å². The van der Waals surface area contributed by atoms with Crippen molar-refractivity contribution in [2.24, 2.45) is 4.99 Å². The summed E-state index contributed by atoms with van der Waals surface area (Å²) < 4.78 is 13.9. The van der Waals surface area contributed by atoms with Gasteiger partial charge in [0.25, 0.3) is 11.8 Å². The Morgan fingerprint density at radius 3 is 2.38 bits per heavy atom. The largest absolute Gasteiger partial charge is 0.494 e. The summed E-state index contributed by atoms with van der Waals surface area (Å²) in [5.41, 5.74) is 4.13. The van der Waals surface area contributed by atoms with E-state index in [2.05, 4.69) is 15.2 Å². The number of aromatic nitrogens is 1. The predicted octanol–water partition coefficient (Wildman–Crippen LogP) is 4.24. The molecule has 0 aliphatic carbocycles. The molecule has 39 heavy (non-hydrogen) atoms. The molecule has 9 heteroatoms. The average Bonchev–Trinajstić information content (AvgIpc) is 3.26. The Morgan fingerprint density at radius 2 is 1.69 bits per heavy atom. The van der Waals surface area contributed by atoms with Crippen LogP contribution in [0.4, 0.5) is 10.1 Å². The van der Waals surface area contributed by atoms with E-state index in [1.54, 1.807) is 49.5 Å². The van der Waals surface area contributed by atoms with Gasteiger partial charge in [0, 0.05) is 55.3 Å². The third-order valence-corrected chi connectivity index (χ3v) is 7.18. The highest BCUT2D eigenvalue weighted by atomic mass is 19.1. The second-order valence-electron chi connectivity index (χ2n) is 9.70. The molecule has 0 saturated carbocycles. The summed E-state index contributed by atoms with van der Waals surface area (Å²) in [6.07, 6.45) is 0. The van der Waals surface area contributed by atoms with Gasteiger partial charge in [-0.15, -0.1) is 0 Å². The number of H-pyrrole nitrogens is 1. The number of nitrogens with one attached hydrogen (secondary N) is 2. The molecule has 2 amide bonds. The molecular weight excluding hydrogens is 497 g/mol. The van der Waals surface area contributed by atoms with Gasteiger partial charge in [-0.1, -0.05) is 12.1 Å². The van der Waals surface area contributed by atoms with Crippen LogP contribution >= 0.6 is 0 Å². The number of aromatic amines is 1. The number of halogens is 1. The molecule has 1 aliphatic rings. The van der Waals surface area contributed by atoms with E-state index in [4.69, 9.17) is 4.99 Å². The molecule has 1 aliphatic heterocycles. The molecule has 4 aromatic rings. The van der Waals surface area contributed by atoms with Gasteiger partial charge in [-0.2, -0.15) is 0 Å². The van der Waals surface area contributed by atoms with Crippen LogP contribution in [0.5, 0.6) is 5.88 Å². The Kier molecular flexibility index (Phi) is 7.17. The molecule has 5 rings (SSSR count). The van der Waals surface area contributed by atoms with Crippen molar-refractivity contribution in [3.8, 4) is 5.88 Å². The van der Waals surface area contributed by atoms with Crippen molar-refractivity contribution in [3.63, 3.8) is 0 Å². The zero-order valence-electron chi connectivity index (χ0n) is 22.1. The number of nitrogens with zero attached hydrogens (tertiary/aromatic N) is 3.